The average Bonchev–Trinajstić information content (AvgIpc) is 2.90. The summed E-state index contributed by atoms with van der Waals surface area (Å²) in [5.74, 6) is -2.79. The summed E-state index contributed by atoms with van der Waals surface area (Å²) in [6.45, 7) is 2.36. The van der Waals surface area contributed by atoms with Crippen molar-refractivity contribution in [1.29, 1.82) is 0 Å². The fourth-order valence-electron chi connectivity index (χ4n) is 3.03. The Morgan fingerprint density at radius 2 is 1.96 bits per heavy atom. The number of piperidine rings is 1. The van der Waals surface area contributed by atoms with Crippen LogP contribution in [0.2, 0.25) is 0 Å². The van der Waals surface area contributed by atoms with E-state index in [0.29, 0.717) is 5.95 Å². The van der Waals surface area contributed by atoms with Crippen LogP contribution < -0.4 is 10.2 Å². The average molecular weight is 321 g/mol. The Morgan fingerprint density at radius 1 is 1.22 bits per heavy atom. The molecule has 3 rings (SSSR count). The number of aromatic nitrogens is 3. The number of nitrogens with zero attached hydrogens (tertiary/aromatic N) is 4. The minimum atomic E-state index is -2.99. The lowest BCUT2D eigenvalue weighted by atomic mass is 10.1. The van der Waals surface area contributed by atoms with Crippen molar-refractivity contribution >= 4 is 11.6 Å². The van der Waals surface area contributed by atoms with Crippen molar-refractivity contribution < 1.29 is 8.78 Å². The number of hydrogen-bond acceptors (Lipinski definition) is 4. The fourth-order valence-corrected chi connectivity index (χ4v) is 3.03. The highest BCUT2D eigenvalue weighted by Crippen LogP contribution is 2.28. The van der Waals surface area contributed by atoms with Gasteiger partial charge in [0.05, 0.1) is 0 Å². The van der Waals surface area contributed by atoms with E-state index in [1.807, 2.05) is 35.2 Å². The van der Waals surface area contributed by atoms with E-state index in [0.717, 1.165) is 38.5 Å². The first-order chi connectivity index (χ1) is 10.9. The third-order valence-electron chi connectivity index (χ3n) is 4.09. The normalized spacial score (nSPS) is 19.0. The molecule has 0 saturated carbocycles. The van der Waals surface area contributed by atoms with Gasteiger partial charge in [0.2, 0.25) is 11.8 Å². The summed E-state index contributed by atoms with van der Waals surface area (Å²) in [5.41, 5.74) is 1.07. The van der Waals surface area contributed by atoms with E-state index in [-0.39, 0.29) is 11.9 Å². The van der Waals surface area contributed by atoms with E-state index < -0.39 is 5.92 Å². The second kappa shape index (κ2) is 6.14. The van der Waals surface area contributed by atoms with Crippen LogP contribution in [0.5, 0.6) is 0 Å². The molecular formula is C16H21F2N5. The smallest absolute Gasteiger partial charge is 0.304 e. The van der Waals surface area contributed by atoms with E-state index in [9.17, 15) is 8.78 Å². The monoisotopic (exact) mass is 321 g/mol. The molecule has 1 N–H and O–H groups in total. The molecule has 124 valence electrons. The van der Waals surface area contributed by atoms with Crippen molar-refractivity contribution in [3.63, 3.8) is 0 Å². The molecule has 1 fully saturated rings. The molecule has 0 spiro atoms. The van der Waals surface area contributed by atoms with Crippen LogP contribution in [0.1, 0.15) is 25.6 Å². The minimum absolute atomic E-state index is 0.258. The van der Waals surface area contributed by atoms with Crippen molar-refractivity contribution in [3.8, 4) is 0 Å². The second-order valence-corrected chi connectivity index (χ2v) is 6.07. The molecule has 1 aliphatic rings. The molecule has 1 unspecified atom stereocenters. The van der Waals surface area contributed by atoms with E-state index in [4.69, 9.17) is 0 Å². The molecule has 7 heteroatoms. The summed E-state index contributed by atoms with van der Waals surface area (Å²) >= 11 is 0. The molecule has 0 aliphatic carbocycles. The molecule has 2 aromatic rings. The van der Waals surface area contributed by atoms with Crippen LogP contribution in [0.15, 0.2) is 30.3 Å². The van der Waals surface area contributed by atoms with Crippen LogP contribution in [0, 0.1) is 0 Å². The van der Waals surface area contributed by atoms with Crippen molar-refractivity contribution in [2.75, 3.05) is 23.3 Å². The van der Waals surface area contributed by atoms with Crippen LogP contribution in [0.3, 0.4) is 0 Å². The van der Waals surface area contributed by atoms with Gasteiger partial charge in [-0.3, -0.25) is 4.57 Å². The maximum atomic E-state index is 13.5. The van der Waals surface area contributed by atoms with Gasteiger partial charge in [0.1, 0.15) is 0 Å². The summed E-state index contributed by atoms with van der Waals surface area (Å²) in [6.07, 6.45) is 2.02. The highest BCUT2D eigenvalue weighted by molar-refractivity contribution is 5.44. The minimum Gasteiger partial charge on any atom is -0.381 e. The van der Waals surface area contributed by atoms with E-state index in [2.05, 4.69) is 15.5 Å². The Balaban J connectivity index is 1.73. The Morgan fingerprint density at radius 3 is 2.61 bits per heavy atom. The predicted octanol–water partition coefficient (Wildman–Crippen LogP) is 3.01. The van der Waals surface area contributed by atoms with E-state index in [1.54, 1.807) is 7.05 Å². The lowest BCUT2D eigenvalue weighted by Gasteiger charge is -2.34. The zero-order chi connectivity index (χ0) is 16.4. The zero-order valence-electron chi connectivity index (χ0n) is 13.3. The molecule has 1 aromatic heterocycles. The Kier molecular flexibility index (Phi) is 4.19. The van der Waals surface area contributed by atoms with Crippen LogP contribution in [-0.4, -0.2) is 33.9 Å². The van der Waals surface area contributed by atoms with Crippen LogP contribution in [-0.2, 0) is 13.0 Å². The van der Waals surface area contributed by atoms with Gasteiger partial charge in [-0.05, 0) is 25.0 Å². The number of alkyl halides is 2. The number of para-hydroxylation sites is 1. The number of halogens is 2. The molecule has 0 bridgehead atoms. The quantitative estimate of drug-likeness (QED) is 0.940. The first-order valence-corrected chi connectivity index (χ1v) is 7.79. The zero-order valence-corrected chi connectivity index (χ0v) is 13.3. The highest BCUT2D eigenvalue weighted by atomic mass is 19.3. The fraction of sp³-hybridized carbons (Fsp3) is 0.500. The van der Waals surface area contributed by atoms with Crippen LogP contribution in [0.4, 0.5) is 20.4 Å². The molecule has 1 aliphatic heterocycles. The first kappa shape index (κ1) is 15.7. The number of anilines is 2. The highest BCUT2D eigenvalue weighted by Gasteiger charge is 2.33. The van der Waals surface area contributed by atoms with E-state index >= 15 is 0 Å². The molecule has 23 heavy (non-hydrogen) atoms. The van der Waals surface area contributed by atoms with Gasteiger partial charge < -0.3 is 10.2 Å². The first-order valence-electron chi connectivity index (χ1n) is 7.79. The Hall–Kier alpha value is -2.18. The maximum absolute atomic E-state index is 13.5. The van der Waals surface area contributed by atoms with Crippen LogP contribution in [0.25, 0.3) is 0 Å². The molecule has 2 heterocycles. The SMILES string of the molecule is Cn1c(N2CCCC(Nc3ccccc3)C2)nnc1C(C)(F)F. The second-order valence-electron chi connectivity index (χ2n) is 6.07. The van der Waals surface area contributed by atoms with Gasteiger partial charge in [0, 0.05) is 38.8 Å². The van der Waals surface area contributed by atoms with Gasteiger partial charge in [-0.25, -0.2) is 0 Å². The number of nitrogens with one attached hydrogen (secondary N) is 1. The molecule has 1 saturated heterocycles. The van der Waals surface area contributed by atoms with E-state index in [1.165, 1.54) is 4.57 Å². The van der Waals surface area contributed by atoms with Crippen molar-refractivity contribution in [1.82, 2.24) is 14.8 Å². The predicted molar refractivity (Wildman–Crippen MR) is 85.9 cm³/mol. The molecule has 1 aromatic carbocycles. The van der Waals surface area contributed by atoms with Crippen molar-refractivity contribution in [2.24, 2.45) is 7.05 Å². The maximum Gasteiger partial charge on any atom is 0.304 e. The van der Waals surface area contributed by atoms with Crippen molar-refractivity contribution in [3.05, 3.63) is 36.2 Å². The molecule has 5 nitrogen and oxygen atoms in total. The Bertz CT molecular complexity index is 650. The van der Waals surface area contributed by atoms with Gasteiger partial charge >= 0.3 is 5.92 Å². The summed E-state index contributed by atoms with van der Waals surface area (Å²) < 4.78 is 28.4. The number of hydrogen-bond donors (Lipinski definition) is 1. The lowest BCUT2D eigenvalue weighted by molar-refractivity contribution is 0.00468. The molecule has 1 atom stereocenters. The van der Waals surface area contributed by atoms with Gasteiger partial charge in [-0.15, -0.1) is 10.2 Å². The molecular weight excluding hydrogens is 300 g/mol. The largest absolute Gasteiger partial charge is 0.381 e. The van der Waals surface area contributed by atoms with Crippen LogP contribution >= 0.6 is 0 Å². The summed E-state index contributed by atoms with van der Waals surface area (Å²) in [5, 5.41) is 11.1. The van der Waals surface area contributed by atoms with Gasteiger partial charge in [0.25, 0.3) is 0 Å². The number of benzene rings is 1. The summed E-state index contributed by atoms with van der Waals surface area (Å²) in [7, 11) is 1.59. The van der Waals surface area contributed by atoms with Gasteiger partial charge in [0.15, 0.2) is 0 Å². The summed E-state index contributed by atoms with van der Waals surface area (Å²) in [4.78, 5) is 2.02. The number of rotatable bonds is 4. The summed E-state index contributed by atoms with van der Waals surface area (Å²) in [6, 6.07) is 10.3. The lowest BCUT2D eigenvalue weighted by Crippen LogP contribution is -2.43. The molecule has 0 amide bonds. The third kappa shape index (κ3) is 3.43. The Labute approximate surface area is 134 Å². The standard InChI is InChI=1S/C16H21F2N5/c1-16(17,18)14-20-21-15(22(14)2)23-10-6-9-13(11-23)19-12-7-4-3-5-8-12/h3-5,7-8,13,19H,6,9-11H2,1-2H3. The third-order valence-corrected chi connectivity index (χ3v) is 4.09. The topological polar surface area (TPSA) is 46.0 Å². The van der Waals surface area contributed by atoms with Gasteiger partial charge in [-0.2, -0.15) is 8.78 Å². The molecule has 0 radical (unpaired) electrons. The van der Waals surface area contributed by atoms with Gasteiger partial charge in [-0.1, -0.05) is 18.2 Å². The van der Waals surface area contributed by atoms with Crippen molar-refractivity contribution in [2.45, 2.75) is 31.7 Å².